The van der Waals surface area contributed by atoms with Crippen LogP contribution in [0.2, 0.25) is 0 Å². The van der Waals surface area contributed by atoms with Crippen LogP contribution in [0.15, 0.2) is 140 Å². The smallest absolute Gasteiger partial charge is 0.407 e. The molecule has 1 aliphatic rings. The monoisotopic (exact) mass is 681 g/mol. The van der Waals surface area contributed by atoms with Gasteiger partial charge in [-0.05, 0) is 38.9 Å². The van der Waals surface area contributed by atoms with Crippen molar-refractivity contribution in [2.75, 3.05) is 6.61 Å². The predicted molar refractivity (Wildman–Crippen MR) is 194 cm³/mol. The minimum absolute atomic E-state index is 0.0634. The first-order valence-electron chi connectivity index (χ1n) is 16.9. The predicted octanol–water partition coefficient (Wildman–Crippen LogP) is 5.68. The average Bonchev–Trinajstić information content (AvgIpc) is 3.47. The summed E-state index contributed by atoms with van der Waals surface area (Å²) in [6.07, 6.45) is -0.485. The van der Waals surface area contributed by atoms with Crippen LogP contribution < -0.4 is 16.0 Å². The van der Waals surface area contributed by atoms with E-state index in [1.165, 1.54) is 0 Å². The van der Waals surface area contributed by atoms with E-state index < -0.39 is 42.0 Å². The summed E-state index contributed by atoms with van der Waals surface area (Å²) in [7, 11) is 0. The molecule has 0 heterocycles. The van der Waals surface area contributed by atoms with Crippen LogP contribution in [-0.2, 0) is 38.4 Å². The molecule has 258 valence electrons. The van der Waals surface area contributed by atoms with E-state index in [-0.39, 0.29) is 31.8 Å². The van der Waals surface area contributed by atoms with Gasteiger partial charge in [-0.1, -0.05) is 140 Å². The number of rotatable bonds is 14. The van der Waals surface area contributed by atoms with Crippen LogP contribution >= 0.6 is 0 Å². The molecule has 51 heavy (non-hydrogen) atoms. The number of carbonyl (C=O) groups excluding carboxylic acids is 3. The third-order valence-corrected chi connectivity index (χ3v) is 9.05. The van der Waals surface area contributed by atoms with Crippen molar-refractivity contribution < 1.29 is 29.0 Å². The van der Waals surface area contributed by atoms with Crippen molar-refractivity contribution in [2.24, 2.45) is 0 Å². The number of aliphatic carboxylic acids is 1. The van der Waals surface area contributed by atoms with Gasteiger partial charge in [-0.15, -0.1) is 0 Å². The van der Waals surface area contributed by atoms with Crippen molar-refractivity contribution in [2.45, 2.75) is 43.3 Å². The molecular formula is C42H39N3O6. The van der Waals surface area contributed by atoms with Gasteiger partial charge >= 0.3 is 12.1 Å². The van der Waals surface area contributed by atoms with E-state index in [2.05, 4.69) is 28.1 Å². The molecule has 1 aliphatic carbocycles. The highest BCUT2D eigenvalue weighted by molar-refractivity contribution is 5.93. The number of hydrogen-bond donors (Lipinski definition) is 4. The molecule has 3 amide bonds. The van der Waals surface area contributed by atoms with Crippen LogP contribution in [-0.4, -0.2) is 53.7 Å². The molecule has 5 aromatic rings. The Morgan fingerprint density at radius 2 is 0.882 bits per heavy atom. The Labute approximate surface area is 296 Å². The first kappa shape index (κ1) is 34.6. The van der Waals surface area contributed by atoms with Crippen molar-refractivity contribution in [1.29, 1.82) is 0 Å². The number of benzene rings is 5. The van der Waals surface area contributed by atoms with Gasteiger partial charge < -0.3 is 25.8 Å². The lowest BCUT2D eigenvalue weighted by molar-refractivity contribution is -0.142. The van der Waals surface area contributed by atoms with Gasteiger partial charge in [-0.25, -0.2) is 9.59 Å². The fourth-order valence-electron chi connectivity index (χ4n) is 6.49. The summed E-state index contributed by atoms with van der Waals surface area (Å²) in [6.45, 7) is 0.0660. The molecule has 0 saturated carbocycles. The number of fused-ring (bicyclic) bond motifs is 3. The molecule has 0 fully saturated rings. The minimum atomic E-state index is -1.23. The third-order valence-electron chi connectivity index (χ3n) is 9.05. The van der Waals surface area contributed by atoms with Gasteiger partial charge in [0.25, 0.3) is 0 Å². The molecule has 6 rings (SSSR count). The first-order valence-corrected chi connectivity index (χ1v) is 16.9. The maximum absolute atomic E-state index is 14.0. The first-order chi connectivity index (χ1) is 24.9. The van der Waals surface area contributed by atoms with Crippen molar-refractivity contribution in [3.63, 3.8) is 0 Å². The van der Waals surface area contributed by atoms with Gasteiger partial charge in [0.2, 0.25) is 11.8 Å². The van der Waals surface area contributed by atoms with Crippen LogP contribution in [0.4, 0.5) is 4.79 Å². The zero-order valence-electron chi connectivity index (χ0n) is 27.9. The minimum Gasteiger partial charge on any atom is -0.480 e. The SMILES string of the molecule is O=C(N[C@@H](Cc1ccccc1)C(=O)N[C@@H](Cc1ccccc1)C(=O)N[C@@H](Cc1ccccc1)C(=O)O)OCC1c2ccccc2-c2ccccc21. The van der Waals surface area contributed by atoms with Crippen molar-refractivity contribution in [3.05, 3.63) is 167 Å². The summed E-state index contributed by atoms with van der Waals surface area (Å²) in [5, 5.41) is 18.1. The Bertz CT molecular complexity index is 1920. The van der Waals surface area contributed by atoms with Crippen LogP contribution in [0, 0.1) is 0 Å². The summed E-state index contributed by atoms with van der Waals surface area (Å²) >= 11 is 0. The Balaban J connectivity index is 1.18. The van der Waals surface area contributed by atoms with E-state index in [1.54, 1.807) is 24.3 Å². The quantitative estimate of drug-likeness (QED) is 0.119. The number of alkyl carbamates (subject to hydrolysis) is 1. The van der Waals surface area contributed by atoms with Crippen LogP contribution in [0.5, 0.6) is 0 Å². The lowest BCUT2D eigenvalue weighted by Gasteiger charge is -2.25. The third kappa shape index (κ3) is 8.88. The summed E-state index contributed by atoms with van der Waals surface area (Å²) in [5.41, 5.74) is 6.61. The number of amides is 3. The highest BCUT2D eigenvalue weighted by atomic mass is 16.5. The Hall–Kier alpha value is -6.22. The van der Waals surface area contributed by atoms with Crippen LogP contribution in [0.25, 0.3) is 11.1 Å². The molecule has 0 aliphatic heterocycles. The van der Waals surface area contributed by atoms with E-state index in [9.17, 15) is 24.3 Å². The van der Waals surface area contributed by atoms with E-state index in [1.807, 2.05) is 103 Å². The summed E-state index contributed by atoms with van der Waals surface area (Å²) in [4.78, 5) is 53.3. The fourth-order valence-corrected chi connectivity index (χ4v) is 6.49. The molecule has 0 aromatic heterocycles. The van der Waals surface area contributed by atoms with E-state index in [0.29, 0.717) is 0 Å². The Morgan fingerprint density at radius 1 is 0.510 bits per heavy atom. The van der Waals surface area contributed by atoms with Gasteiger partial charge in [0.1, 0.15) is 24.7 Å². The number of carboxylic acids is 1. The van der Waals surface area contributed by atoms with E-state index >= 15 is 0 Å². The molecule has 0 bridgehead atoms. The zero-order chi connectivity index (χ0) is 35.6. The second kappa shape index (κ2) is 16.5. The lowest BCUT2D eigenvalue weighted by Crippen LogP contribution is -2.57. The molecule has 9 heteroatoms. The zero-order valence-corrected chi connectivity index (χ0v) is 27.9. The highest BCUT2D eigenvalue weighted by Crippen LogP contribution is 2.44. The van der Waals surface area contributed by atoms with Gasteiger partial charge in [0.05, 0.1) is 0 Å². The highest BCUT2D eigenvalue weighted by Gasteiger charge is 2.32. The van der Waals surface area contributed by atoms with Gasteiger partial charge in [0.15, 0.2) is 0 Å². The molecular weight excluding hydrogens is 642 g/mol. The van der Waals surface area contributed by atoms with E-state index in [0.717, 1.165) is 38.9 Å². The molecule has 0 saturated heterocycles. The van der Waals surface area contributed by atoms with Crippen molar-refractivity contribution >= 4 is 23.9 Å². The van der Waals surface area contributed by atoms with Gasteiger partial charge in [0, 0.05) is 25.2 Å². The van der Waals surface area contributed by atoms with Gasteiger partial charge in [-0.2, -0.15) is 0 Å². The van der Waals surface area contributed by atoms with Crippen molar-refractivity contribution in [1.82, 2.24) is 16.0 Å². The second-order valence-corrected chi connectivity index (χ2v) is 12.6. The number of ether oxygens (including phenoxy) is 1. The van der Waals surface area contributed by atoms with E-state index in [4.69, 9.17) is 4.74 Å². The van der Waals surface area contributed by atoms with Crippen molar-refractivity contribution in [3.8, 4) is 11.1 Å². The largest absolute Gasteiger partial charge is 0.480 e. The van der Waals surface area contributed by atoms with Crippen LogP contribution in [0.1, 0.15) is 33.7 Å². The molecule has 0 unspecified atom stereocenters. The normalized spacial score (nSPS) is 13.5. The summed E-state index contributed by atoms with van der Waals surface area (Å²) in [6, 6.07) is 39.9. The maximum atomic E-state index is 14.0. The van der Waals surface area contributed by atoms with Crippen LogP contribution in [0.3, 0.4) is 0 Å². The molecule has 9 nitrogen and oxygen atoms in total. The molecule has 4 N–H and O–H groups in total. The second-order valence-electron chi connectivity index (χ2n) is 12.6. The van der Waals surface area contributed by atoms with Gasteiger partial charge in [-0.3, -0.25) is 9.59 Å². The molecule has 5 aromatic carbocycles. The Morgan fingerprint density at radius 3 is 1.33 bits per heavy atom. The number of hydrogen-bond acceptors (Lipinski definition) is 5. The maximum Gasteiger partial charge on any atom is 0.407 e. The molecule has 0 spiro atoms. The number of carbonyl (C=O) groups is 4. The lowest BCUT2D eigenvalue weighted by atomic mass is 9.98. The average molecular weight is 682 g/mol. The topological polar surface area (TPSA) is 134 Å². The standard InChI is InChI=1S/C42H39N3O6/c46-39(44-38(41(48)49)26-30-18-8-3-9-19-30)36(24-28-14-4-1-5-15-28)43-40(47)37(25-29-16-6-2-7-17-29)45-42(50)51-27-35-33-22-12-10-20-31(33)32-21-11-13-23-34(32)35/h1-23,35-38H,24-27H2,(H,43,47)(H,44,46)(H,45,50)(H,48,49)/t36-,37-,38-/m0/s1. The fraction of sp³-hybridized carbons (Fsp3) is 0.190. The number of nitrogens with one attached hydrogen (secondary N) is 3. The summed E-state index contributed by atoms with van der Waals surface area (Å²) in [5.74, 6) is -2.63. The molecule has 3 atom stereocenters. The molecule has 0 radical (unpaired) electrons. The Kier molecular flexibility index (Phi) is 11.2. The number of carboxylic acid groups (broad SMARTS) is 1. The summed E-state index contributed by atoms with van der Waals surface area (Å²) < 4.78 is 5.77.